The van der Waals surface area contributed by atoms with Crippen LogP contribution >= 0.6 is 23.8 Å². The molecule has 0 saturated carbocycles. The van der Waals surface area contributed by atoms with E-state index >= 15 is 0 Å². The van der Waals surface area contributed by atoms with Crippen LogP contribution in [0.25, 0.3) is 0 Å². The monoisotopic (exact) mass is 530 g/mol. The SMILES string of the molecule is CC(C)C(=O)Nc1ccc(N2C(=S)N[C@@H](c3ccccn3)[C@@H]2c2cccn2Cc2cccnc2)cc1Cl. The summed E-state index contributed by atoms with van der Waals surface area (Å²) in [5.41, 5.74) is 4.45. The van der Waals surface area contributed by atoms with Gasteiger partial charge in [-0.1, -0.05) is 37.6 Å². The van der Waals surface area contributed by atoms with Gasteiger partial charge in [-0.25, -0.2) is 0 Å². The van der Waals surface area contributed by atoms with E-state index < -0.39 is 0 Å². The summed E-state index contributed by atoms with van der Waals surface area (Å²) in [7, 11) is 0. The number of anilines is 2. The van der Waals surface area contributed by atoms with Crippen LogP contribution in [-0.2, 0) is 11.3 Å². The second-order valence-corrected chi connectivity index (χ2v) is 10.0. The highest BCUT2D eigenvalue weighted by atomic mass is 35.5. The average Bonchev–Trinajstić information content (AvgIpc) is 3.49. The summed E-state index contributed by atoms with van der Waals surface area (Å²) in [5.74, 6) is -0.239. The third kappa shape index (κ3) is 5.21. The highest BCUT2D eigenvalue weighted by Crippen LogP contribution is 2.43. The normalized spacial score (nSPS) is 17.2. The van der Waals surface area contributed by atoms with E-state index in [-0.39, 0.29) is 23.9 Å². The van der Waals surface area contributed by atoms with Crippen molar-refractivity contribution < 1.29 is 4.79 Å². The summed E-state index contributed by atoms with van der Waals surface area (Å²) in [6.45, 7) is 4.35. The molecule has 5 rings (SSSR count). The molecule has 9 heteroatoms. The summed E-state index contributed by atoms with van der Waals surface area (Å²) in [6, 6.07) is 19.2. The third-order valence-corrected chi connectivity index (χ3v) is 6.98. The quantitative estimate of drug-likeness (QED) is 0.296. The van der Waals surface area contributed by atoms with Crippen molar-refractivity contribution in [2.24, 2.45) is 5.92 Å². The van der Waals surface area contributed by atoms with E-state index in [1.165, 1.54) is 0 Å². The van der Waals surface area contributed by atoms with Gasteiger partial charge >= 0.3 is 0 Å². The van der Waals surface area contributed by atoms with E-state index in [9.17, 15) is 4.79 Å². The molecule has 0 aliphatic carbocycles. The smallest absolute Gasteiger partial charge is 0.226 e. The number of thiocarbonyl (C=S) groups is 1. The molecule has 0 radical (unpaired) electrons. The molecule has 1 aliphatic heterocycles. The van der Waals surface area contributed by atoms with Gasteiger partial charge in [-0.15, -0.1) is 0 Å². The van der Waals surface area contributed by atoms with Crippen molar-refractivity contribution in [1.82, 2.24) is 19.9 Å². The second-order valence-electron chi connectivity index (χ2n) is 9.23. The van der Waals surface area contributed by atoms with E-state index in [4.69, 9.17) is 23.8 Å². The van der Waals surface area contributed by atoms with Crippen LogP contribution < -0.4 is 15.5 Å². The lowest BCUT2D eigenvalue weighted by Crippen LogP contribution is -2.30. The number of amides is 1. The molecule has 2 N–H and O–H groups in total. The number of nitrogens with zero attached hydrogens (tertiary/aromatic N) is 4. The standard InChI is InChI=1S/C28H27ClN6OS/c1-18(2)27(36)32-22-11-10-20(15-21(22)29)35-26(25(33-28(35)37)23-8-3-4-13-31-23)24-9-6-14-34(24)17-19-7-5-12-30-16-19/h3-16,18,25-26H,17H2,1-2H3,(H,32,36)(H,33,37)/t25-,26-/m0/s1. The Kier molecular flexibility index (Phi) is 7.21. The van der Waals surface area contributed by atoms with Crippen molar-refractivity contribution >= 4 is 46.2 Å². The molecule has 2 atom stereocenters. The maximum absolute atomic E-state index is 12.2. The number of benzene rings is 1. The van der Waals surface area contributed by atoms with Gasteiger partial charge in [0, 0.05) is 48.6 Å². The number of pyridine rings is 2. The fourth-order valence-electron chi connectivity index (χ4n) is 4.49. The Hall–Kier alpha value is -3.75. The van der Waals surface area contributed by atoms with Crippen molar-refractivity contribution in [3.8, 4) is 0 Å². The summed E-state index contributed by atoms with van der Waals surface area (Å²) in [6.07, 6.45) is 7.50. The van der Waals surface area contributed by atoms with Gasteiger partial charge in [0.2, 0.25) is 5.91 Å². The van der Waals surface area contributed by atoms with Crippen LogP contribution in [0.4, 0.5) is 11.4 Å². The molecule has 37 heavy (non-hydrogen) atoms. The Morgan fingerprint density at radius 2 is 2.00 bits per heavy atom. The predicted octanol–water partition coefficient (Wildman–Crippen LogP) is 5.75. The zero-order chi connectivity index (χ0) is 25.9. The Balaban J connectivity index is 1.55. The molecule has 7 nitrogen and oxygen atoms in total. The number of carbonyl (C=O) groups excluding carboxylic acids is 1. The van der Waals surface area contributed by atoms with Crippen molar-refractivity contribution in [1.29, 1.82) is 0 Å². The Labute approximate surface area is 226 Å². The molecule has 0 unspecified atom stereocenters. The first-order valence-corrected chi connectivity index (χ1v) is 12.9. The molecular formula is C28H27ClN6OS. The number of halogens is 1. The highest BCUT2D eigenvalue weighted by Gasteiger charge is 2.42. The first kappa shape index (κ1) is 24.9. The summed E-state index contributed by atoms with van der Waals surface area (Å²) < 4.78 is 2.21. The minimum Gasteiger partial charge on any atom is -0.351 e. The van der Waals surface area contributed by atoms with Crippen LogP contribution in [-0.4, -0.2) is 25.6 Å². The molecular weight excluding hydrogens is 504 g/mol. The predicted molar refractivity (Wildman–Crippen MR) is 151 cm³/mol. The minimum atomic E-state index is -0.193. The van der Waals surface area contributed by atoms with Crippen LogP contribution in [0, 0.1) is 5.92 Å². The van der Waals surface area contributed by atoms with Crippen molar-refractivity contribution in [3.05, 3.63) is 107 Å². The van der Waals surface area contributed by atoms with Crippen molar-refractivity contribution in [3.63, 3.8) is 0 Å². The van der Waals surface area contributed by atoms with Crippen LogP contribution in [0.2, 0.25) is 5.02 Å². The number of nitrogens with one attached hydrogen (secondary N) is 2. The molecule has 0 bridgehead atoms. The van der Waals surface area contributed by atoms with Gasteiger partial charge in [0.1, 0.15) is 6.04 Å². The van der Waals surface area contributed by atoms with Gasteiger partial charge in [0.25, 0.3) is 0 Å². The largest absolute Gasteiger partial charge is 0.351 e. The van der Waals surface area contributed by atoms with Gasteiger partial charge in [0.05, 0.1) is 22.4 Å². The van der Waals surface area contributed by atoms with Crippen molar-refractivity contribution in [2.45, 2.75) is 32.5 Å². The van der Waals surface area contributed by atoms with Gasteiger partial charge < -0.3 is 20.1 Å². The average molecular weight is 531 g/mol. The molecule has 1 aliphatic rings. The maximum Gasteiger partial charge on any atom is 0.226 e. The molecule has 1 amide bonds. The number of rotatable bonds is 7. The van der Waals surface area contributed by atoms with Gasteiger partial charge in [0.15, 0.2) is 5.11 Å². The molecule has 4 heterocycles. The van der Waals surface area contributed by atoms with E-state index in [1.807, 2.05) is 68.6 Å². The second kappa shape index (κ2) is 10.7. The van der Waals surface area contributed by atoms with Crippen LogP contribution in [0.5, 0.6) is 0 Å². The van der Waals surface area contributed by atoms with Crippen molar-refractivity contribution in [2.75, 3.05) is 10.2 Å². The molecule has 1 saturated heterocycles. The zero-order valence-corrected chi connectivity index (χ0v) is 22.1. The van der Waals surface area contributed by atoms with Gasteiger partial charge in [-0.2, -0.15) is 0 Å². The Morgan fingerprint density at radius 1 is 1.14 bits per heavy atom. The van der Waals surface area contributed by atoms with E-state index in [2.05, 4.69) is 48.4 Å². The molecule has 1 fully saturated rings. The van der Waals surface area contributed by atoms with Crippen LogP contribution in [0.1, 0.15) is 42.9 Å². The number of hydrogen-bond acceptors (Lipinski definition) is 4. The van der Waals surface area contributed by atoms with Gasteiger partial charge in [-0.3, -0.25) is 14.8 Å². The van der Waals surface area contributed by atoms with Crippen LogP contribution in [0.15, 0.2) is 85.5 Å². The molecule has 3 aromatic heterocycles. The molecule has 4 aromatic rings. The Morgan fingerprint density at radius 3 is 2.70 bits per heavy atom. The topological polar surface area (TPSA) is 75.1 Å². The first-order chi connectivity index (χ1) is 17.9. The van der Waals surface area contributed by atoms with E-state index in [1.54, 1.807) is 12.4 Å². The lowest BCUT2D eigenvalue weighted by Gasteiger charge is -2.29. The fourth-order valence-corrected chi connectivity index (χ4v) is 5.06. The Bertz CT molecular complexity index is 1410. The van der Waals surface area contributed by atoms with Gasteiger partial charge in [-0.05, 0) is 66.3 Å². The molecule has 1 aromatic carbocycles. The third-order valence-electron chi connectivity index (χ3n) is 6.35. The fraction of sp³-hybridized carbons (Fsp3) is 0.214. The van der Waals surface area contributed by atoms with Crippen LogP contribution in [0.3, 0.4) is 0 Å². The molecule has 188 valence electrons. The summed E-state index contributed by atoms with van der Waals surface area (Å²) >= 11 is 12.5. The van der Waals surface area contributed by atoms with E-state index in [0.717, 1.165) is 22.6 Å². The zero-order valence-electron chi connectivity index (χ0n) is 20.5. The number of hydrogen-bond donors (Lipinski definition) is 2. The van der Waals surface area contributed by atoms with E-state index in [0.29, 0.717) is 22.4 Å². The minimum absolute atomic E-state index is 0.0886. The number of carbonyl (C=O) groups is 1. The maximum atomic E-state index is 12.2. The lowest BCUT2D eigenvalue weighted by molar-refractivity contribution is -0.118. The first-order valence-electron chi connectivity index (χ1n) is 12.1. The molecule has 0 spiro atoms. The highest BCUT2D eigenvalue weighted by molar-refractivity contribution is 7.80. The summed E-state index contributed by atoms with van der Waals surface area (Å²) in [4.78, 5) is 23.2. The summed E-state index contributed by atoms with van der Waals surface area (Å²) in [5, 5.41) is 7.39. The lowest BCUT2D eigenvalue weighted by atomic mass is 10.0. The number of aromatic nitrogens is 3.